The molecule has 11 heteroatoms. The fourth-order valence-electron chi connectivity index (χ4n) is 4.26. The van der Waals surface area contributed by atoms with Gasteiger partial charge >= 0.3 is 6.18 Å². The van der Waals surface area contributed by atoms with Gasteiger partial charge in [-0.2, -0.15) is 17.5 Å². The van der Waals surface area contributed by atoms with Crippen molar-refractivity contribution >= 4 is 15.9 Å². The summed E-state index contributed by atoms with van der Waals surface area (Å²) in [6.45, 7) is 1.24. The highest BCUT2D eigenvalue weighted by atomic mass is 32.2. The highest BCUT2D eigenvalue weighted by Gasteiger charge is 2.40. The Labute approximate surface area is 196 Å². The first-order valence-corrected chi connectivity index (χ1v) is 12.3. The van der Waals surface area contributed by atoms with E-state index in [0.717, 1.165) is 28.1 Å². The Morgan fingerprint density at radius 2 is 1.71 bits per heavy atom. The molecule has 0 unspecified atom stereocenters. The summed E-state index contributed by atoms with van der Waals surface area (Å²) in [5.74, 6) is 0.737. The number of halogens is 3. The predicted octanol–water partition coefficient (Wildman–Crippen LogP) is 3.54. The number of sulfonamides is 1. The lowest BCUT2D eigenvalue weighted by Crippen LogP contribution is -2.43. The number of amides is 1. The van der Waals surface area contributed by atoms with Gasteiger partial charge < -0.3 is 14.4 Å². The van der Waals surface area contributed by atoms with Crippen LogP contribution in [-0.2, 0) is 27.5 Å². The van der Waals surface area contributed by atoms with Gasteiger partial charge in [0, 0.05) is 32.6 Å². The molecule has 34 heavy (non-hydrogen) atoms. The van der Waals surface area contributed by atoms with E-state index in [2.05, 4.69) is 0 Å². The number of carbonyl (C=O) groups excluding carboxylic acids is 1. The smallest absolute Gasteiger partial charge is 0.417 e. The van der Waals surface area contributed by atoms with E-state index in [-0.39, 0.29) is 31.8 Å². The van der Waals surface area contributed by atoms with Crippen LogP contribution < -0.4 is 9.47 Å². The molecule has 0 aromatic heterocycles. The lowest BCUT2D eigenvalue weighted by molar-refractivity contribution is -0.140. The van der Waals surface area contributed by atoms with Crippen LogP contribution in [0, 0.1) is 5.92 Å². The van der Waals surface area contributed by atoms with Crippen molar-refractivity contribution in [2.24, 2.45) is 5.92 Å². The van der Waals surface area contributed by atoms with Crippen LogP contribution in [0.25, 0.3) is 0 Å². The van der Waals surface area contributed by atoms with Crippen LogP contribution >= 0.6 is 0 Å². The number of piperidine rings is 1. The lowest BCUT2D eigenvalue weighted by atomic mass is 9.96. The SMILES string of the molecule is CN(Cc1ccc2c(c1)OCCO2)C(=O)C1CCN(S(=O)(=O)c2ccccc2C(F)(F)F)CC1. The molecule has 7 nitrogen and oxygen atoms in total. The first kappa shape index (κ1) is 24.3. The summed E-state index contributed by atoms with van der Waals surface area (Å²) in [6.07, 6.45) is -4.32. The van der Waals surface area contributed by atoms with E-state index in [0.29, 0.717) is 31.3 Å². The van der Waals surface area contributed by atoms with Gasteiger partial charge in [-0.3, -0.25) is 4.79 Å². The van der Waals surface area contributed by atoms with Gasteiger partial charge in [-0.05, 0) is 42.7 Å². The third-order valence-electron chi connectivity index (χ3n) is 6.02. The second kappa shape index (κ2) is 9.46. The van der Waals surface area contributed by atoms with Crippen molar-refractivity contribution in [1.82, 2.24) is 9.21 Å². The molecule has 2 aliphatic heterocycles. The maximum Gasteiger partial charge on any atom is 0.417 e. The van der Waals surface area contributed by atoms with E-state index in [1.54, 1.807) is 18.0 Å². The first-order chi connectivity index (χ1) is 16.1. The molecule has 4 rings (SSSR count). The number of hydrogen-bond donors (Lipinski definition) is 0. The zero-order valence-corrected chi connectivity index (χ0v) is 19.4. The number of fused-ring (bicyclic) bond motifs is 1. The van der Waals surface area contributed by atoms with Gasteiger partial charge in [0.25, 0.3) is 0 Å². The van der Waals surface area contributed by atoms with Gasteiger partial charge in [0.15, 0.2) is 11.5 Å². The van der Waals surface area contributed by atoms with Gasteiger partial charge in [0.05, 0.1) is 10.5 Å². The van der Waals surface area contributed by atoms with E-state index in [1.807, 2.05) is 12.1 Å². The molecule has 1 amide bonds. The Bertz CT molecular complexity index is 1160. The molecule has 2 aliphatic rings. The third-order valence-corrected chi connectivity index (χ3v) is 7.97. The number of rotatable bonds is 5. The Morgan fingerprint density at radius 3 is 2.38 bits per heavy atom. The maximum absolute atomic E-state index is 13.3. The van der Waals surface area contributed by atoms with Crippen LogP contribution in [0.2, 0.25) is 0 Å². The number of alkyl halides is 3. The monoisotopic (exact) mass is 498 g/mol. The van der Waals surface area contributed by atoms with Crippen LogP contribution in [0.4, 0.5) is 13.2 Å². The molecule has 2 aromatic rings. The van der Waals surface area contributed by atoms with Gasteiger partial charge in [-0.25, -0.2) is 8.42 Å². The molecule has 2 aromatic carbocycles. The van der Waals surface area contributed by atoms with E-state index in [9.17, 15) is 26.4 Å². The van der Waals surface area contributed by atoms with Gasteiger partial charge in [-0.15, -0.1) is 0 Å². The highest BCUT2D eigenvalue weighted by molar-refractivity contribution is 7.89. The zero-order valence-electron chi connectivity index (χ0n) is 18.5. The molecule has 1 fully saturated rings. The molecule has 0 spiro atoms. The summed E-state index contributed by atoms with van der Waals surface area (Å²) in [4.78, 5) is 13.8. The molecule has 0 radical (unpaired) electrons. The molecule has 0 aliphatic carbocycles. The number of nitrogens with zero attached hydrogens (tertiary/aromatic N) is 2. The molecule has 0 bridgehead atoms. The van der Waals surface area contributed by atoms with Crippen molar-refractivity contribution in [2.45, 2.75) is 30.5 Å². The largest absolute Gasteiger partial charge is 0.486 e. The molecule has 0 saturated carbocycles. The molecule has 2 heterocycles. The average Bonchev–Trinajstić information content (AvgIpc) is 2.83. The van der Waals surface area contributed by atoms with Crippen molar-refractivity contribution in [3.63, 3.8) is 0 Å². The minimum absolute atomic E-state index is 0.0250. The summed E-state index contributed by atoms with van der Waals surface area (Å²) in [5.41, 5.74) is -0.323. The van der Waals surface area contributed by atoms with E-state index in [4.69, 9.17) is 9.47 Å². The summed E-state index contributed by atoms with van der Waals surface area (Å²) < 4.78 is 77.9. The lowest BCUT2D eigenvalue weighted by Gasteiger charge is -2.33. The standard InChI is InChI=1S/C23H25F3N2O5S/c1-27(15-16-6-7-19-20(14-16)33-13-12-32-19)22(29)17-8-10-28(11-9-17)34(30,31)21-5-3-2-4-18(21)23(24,25)26/h2-7,14,17H,8-13,15H2,1H3. The second-order valence-corrected chi connectivity index (χ2v) is 10.3. The summed E-state index contributed by atoms with van der Waals surface area (Å²) in [6, 6.07) is 9.63. The van der Waals surface area contributed by atoms with Crippen LogP contribution in [0.1, 0.15) is 24.0 Å². The van der Waals surface area contributed by atoms with Crippen molar-refractivity contribution in [1.29, 1.82) is 0 Å². The Morgan fingerprint density at radius 1 is 1.06 bits per heavy atom. The fourth-order valence-corrected chi connectivity index (χ4v) is 5.94. The van der Waals surface area contributed by atoms with Gasteiger partial charge in [0.1, 0.15) is 13.2 Å². The molecule has 184 valence electrons. The quantitative estimate of drug-likeness (QED) is 0.631. The van der Waals surface area contributed by atoms with Crippen LogP contribution in [0.5, 0.6) is 11.5 Å². The number of benzene rings is 2. The summed E-state index contributed by atoms with van der Waals surface area (Å²) >= 11 is 0. The zero-order chi connectivity index (χ0) is 24.5. The molecule has 1 saturated heterocycles. The van der Waals surface area contributed by atoms with E-state index < -0.39 is 32.6 Å². The number of ether oxygens (including phenoxy) is 2. The second-order valence-electron chi connectivity index (χ2n) is 8.34. The Kier molecular flexibility index (Phi) is 6.77. The van der Waals surface area contributed by atoms with Crippen LogP contribution in [0.3, 0.4) is 0 Å². The first-order valence-electron chi connectivity index (χ1n) is 10.9. The van der Waals surface area contributed by atoms with Gasteiger partial charge in [-0.1, -0.05) is 18.2 Å². The normalized spacial score (nSPS) is 17.4. The van der Waals surface area contributed by atoms with Crippen LogP contribution in [0.15, 0.2) is 47.4 Å². The van der Waals surface area contributed by atoms with Gasteiger partial charge in [0.2, 0.25) is 15.9 Å². The Hall–Kier alpha value is -2.79. The molecule has 0 atom stereocenters. The minimum Gasteiger partial charge on any atom is -0.486 e. The minimum atomic E-state index is -4.78. The van der Waals surface area contributed by atoms with Crippen molar-refractivity contribution in [2.75, 3.05) is 33.4 Å². The number of hydrogen-bond acceptors (Lipinski definition) is 5. The molecule has 0 N–H and O–H groups in total. The van der Waals surface area contributed by atoms with Crippen molar-refractivity contribution in [3.05, 3.63) is 53.6 Å². The van der Waals surface area contributed by atoms with E-state index >= 15 is 0 Å². The molecular formula is C23H25F3N2O5S. The van der Waals surface area contributed by atoms with E-state index in [1.165, 1.54) is 6.07 Å². The highest BCUT2D eigenvalue weighted by Crippen LogP contribution is 2.36. The summed E-state index contributed by atoms with van der Waals surface area (Å²) in [5, 5.41) is 0. The predicted molar refractivity (Wildman–Crippen MR) is 117 cm³/mol. The topological polar surface area (TPSA) is 76.2 Å². The van der Waals surface area contributed by atoms with Crippen molar-refractivity contribution in [3.8, 4) is 11.5 Å². The Balaban J connectivity index is 1.39. The van der Waals surface area contributed by atoms with Crippen LogP contribution in [-0.4, -0.2) is 56.9 Å². The third kappa shape index (κ3) is 5.00. The average molecular weight is 499 g/mol. The fraction of sp³-hybridized carbons (Fsp3) is 0.435. The molecular weight excluding hydrogens is 473 g/mol. The van der Waals surface area contributed by atoms with Crippen molar-refractivity contribution < 1.29 is 35.9 Å². The maximum atomic E-state index is 13.3. The number of carbonyl (C=O) groups is 1. The summed E-state index contributed by atoms with van der Waals surface area (Å²) in [7, 11) is -2.67.